The van der Waals surface area contributed by atoms with E-state index in [0.29, 0.717) is 0 Å². The summed E-state index contributed by atoms with van der Waals surface area (Å²) in [6.45, 7) is 4.29. The Morgan fingerprint density at radius 2 is 2.00 bits per heavy atom. The third-order valence-electron chi connectivity index (χ3n) is 0.433. The molecule has 0 fully saturated rings. The summed E-state index contributed by atoms with van der Waals surface area (Å²) in [5, 5.41) is 0. The molecule has 7 heavy (non-hydrogen) atoms. The van der Waals surface area contributed by atoms with E-state index < -0.39 is 8.80 Å². The quantitative estimate of drug-likeness (QED) is 0.316. The summed E-state index contributed by atoms with van der Waals surface area (Å²) in [6, 6.07) is 0. The van der Waals surface area contributed by atoms with Crippen molar-refractivity contribution in [2.24, 2.45) is 0 Å². The van der Waals surface area contributed by atoms with Gasteiger partial charge in [-0.3, -0.25) is 0 Å². The van der Waals surface area contributed by atoms with Gasteiger partial charge in [-0.1, -0.05) is 13.1 Å². The molecule has 0 amide bonds. The van der Waals surface area contributed by atoms with Crippen molar-refractivity contribution in [1.29, 1.82) is 0 Å². The minimum atomic E-state index is -0.692. The highest BCUT2D eigenvalue weighted by atomic mass is 28.3. The Bertz CT molecular complexity index is 128. The van der Waals surface area contributed by atoms with Gasteiger partial charge in [-0.15, -0.1) is 12.0 Å². The molecule has 0 bridgehead atoms. The Morgan fingerprint density at radius 3 is 2.14 bits per heavy atom. The van der Waals surface area contributed by atoms with Crippen molar-refractivity contribution < 1.29 is 0 Å². The molecule has 0 atom stereocenters. The van der Waals surface area contributed by atoms with Gasteiger partial charge < -0.3 is 0 Å². The van der Waals surface area contributed by atoms with Crippen molar-refractivity contribution in [2.75, 3.05) is 0 Å². The van der Waals surface area contributed by atoms with E-state index in [1.807, 2.05) is 0 Å². The van der Waals surface area contributed by atoms with Gasteiger partial charge in [0.25, 0.3) is 0 Å². The highest BCUT2D eigenvalue weighted by molar-refractivity contribution is 6.64. The van der Waals surface area contributed by atoms with E-state index in [2.05, 4.69) is 30.5 Å². The summed E-state index contributed by atoms with van der Waals surface area (Å²) < 4.78 is 0. The average Bonchev–Trinajstić information content (AvgIpc) is 1.61. The van der Waals surface area contributed by atoms with Gasteiger partial charge in [-0.05, 0) is 11.8 Å². The van der Waals surface area contributed by atoms with Crippen LogP contribution in [-0.2, 0) is 0 Å². The molecule has 0 aliphatic carbocycles. The van der Waals surface area contributed by atoms with Crippen LogP contribution in [0.3, 0.4) is 0 Å². The molecule has 0 aliphatic rings. The molecule has 0 N–H and O–H groups in total. The lowest BCUT2D eigenvalue weighted by Gasteiger charge is -1.78. The Morgan fingerprint density at radius 1 is 1.43 bits per heavy atom. The molecule has 0 aromatic rings. The first-order valence-corrected chi connectivity index (χ1v) is 5.12. The summed E-state index contributed by atoms with van der Waals surface area (Å²) in [5.74, 6) is 4.86. The molecular weight excluding hydrogens is 100 g/mol. The monoisotopic (exact) mass is 108 g/mol. The van der Waals surface area contributed by atoms with Gasteiger partial charge in [0.2, 0.25) is 0 Å². The van der Waals surface area contributed by atoms with Crippen LogP contribution >= 0.6 is 0 Å². The zero-order chi connectivity index (χ0) is 5.70. The van der Waals surface area contributed by atoms with Crippen molar-refractivity contribution in [3.63, 3.8) is 0 Å². The molecule has 0 heterocycles. The van der Waals surface area contributed by atoms with Crippen LogP contribution in [0.1, 0.15) is 0 Å². The first-order chi connectivity index (χ1) is 3.27. The zero-order valence-corrected chi connectivity index (χ0v) is 5.81. The summed E-state index contributed by atoms with van der Waals surface area (Å²) in [5.41, 5.74) is 2.95. The second-order valence-electron chi connectivity index (χ2n) is 1.57. The minimum Gasteiger partial charge on any atom is -0.122 e. The normalized spacial score (nSPS) is 6.57. The fraction of sp³-hybridized carbons (Fsp3) is 0.333. The van der Waals surface area contributed by atoms with Crippen molar-refractivity contribution in [3.05, 3.63) is 0 Å². The second-order valence-corrected chi connectivity index (χ2v) is 4.17. The van der Waals surface area contributed by atoms with Gasteiger partial charge in [0.15, 0.2) is 0 Å². The number of hydrogen-bond donors (Lipinski definition) is 0. The minimum absolute atomic E-state index is 0.692. The fourth-order valence-electron chi connectivity index (χ4n) is 0.186. The van der Waals surface area contributed by atoms with Crippen LogP contribution in [0.25, 0.3) is 0 Å². The van der Waals surface area contributed by atoms with Crippen LogP contribution in [0.4, 0.5) is 0 Å². The molecule has 0 saturated carbocycles. The van der Waals surface area contributed by atoms with Crippen LogP contribution in [0.5, 0.6) is 0 Å². The third kappa shape index (κ3) is 5.34. The molecule has 0 saturated heterocycles. The van der Waals surface area contributed by atoms with Crippen molar-refractivity contribution >= 4 is 8.80 Å². The van der Waals surface area contributed by atoms with Crippen molar-refractivity contribution in [2.45, 2.75) is 13.1 Å². The number of rotatable bonds is 0. The highest BCUT2D eigenvalue weighted by Gasteiger charge is 1.80. The Kier molecular flexibility index (Phi) is 3.19. The van der Waals surface area contributed by atoms with Gasteiger partial charge in [0.1, 0.15) is 8.80 Å². The molecule has 0 radical (unpaired) electrons. The van der Waals surface area contributed by atoms with E-state index in [4.69, 9.17) is 6.42 Å². The molecule has 0 spiro atoms. The fourth-order valence-corrected chi connectivity index (χ4v) is 0.558. The lowest BCUT2D eigenvalue weighted by atomic mass is 10.7. The first-order valence-electron chi connectivity index (χ1n) is 2.23. The topological polar surface area (TPSA) is 0 Å². The third-order valence-corrected chi connectivity index (χ3v) is 1.15. The number of hydrogen-bond acceptors (Lipinski definition) is 0. The molecule has 0 unspecified atom stereocenters. The molecule has 0 aliphatic heterocycles. The largest absolute Gasteiger partial charge is 0.122 e. The van der Waals surface area contributed by atoms with Gasteiger partial charge in [0.05, 0.1) is 0 Å². The molecule has 0 aromatic carbocycles. The van der Waals surface area contributed by atoms with Crippen molar-refractivity contribution in [3.8, 4) is 23.8 Å². The maximum Gasteiger partial charge on any atom is 0.118 e. The summed E-state index contributed by atoms with van der Waals surface area (Å²) in [4.78, 5) is 0. The van der Waals surface area contributed by atoms with E-state index >= 15 is 0 Å². The molecular formula is C6H8Si. The van der Waals surface area contributed by atoms with Crippen LogP contribution in [0, 0.1) is 23.8 Å². The summed E-state index contributed by atoms with van der Waals surface area (Å²) in [6.07, 6.45) is 4.88. The van der Waals surface area contributed by atoms with Crippen LogP contribution in [0.15, 0.2) is 0 Å². The highest BCUT2D eigenvalue weighted by Crippen LogP contribution is 1.70. The predicted octanol–water partition coefficient (Wildman–Crippen LogP) is 0.649. The van der Waals surface area contributed by atoms with E-state index in [9.17, 15) is 0 Å². The molecule has 36 valence electrons. The Balaban J connectivity index is 3.50. The predicted molar refractivity (Wildman–Crippen MR) is 35.5 cm³/mol. The van der Waals surface area contributed by atoms with Crippen LogP contribution in [0.2, 0.25) is 13.1 Å². The lowest BCUT2D eigenvalue weighted by Crippen LogP contribution is -1.92. The van der Waals surface area contributed by atoms with Gasteiger partial charge in [-0.2, -0.15) is 0 Å². The van der Waals surface area contributed by atoms with Gasteiger partial charge in [-0.25, -0.2) is 0 Å². The van der Waals surface area contributed by atoms with Crippen molar-refractivity contribution in [1.82, 2.24) is 0 Å². The first kappa shape index (κ1) is 6.34. The van der Waals surface area contributed by atoms with Crippen LogP contribution in [-0.4, -0.2) is 8.80 Å². The average molecular weight is 108 g/mol. The smallest absolute Gasteiger partial charge is 0.118 e. The Labute approximate surface area is 46.5 Å². The van der Waals surface area contributed by atoms with E-state index in [-0.39, 0.29) is 0 Å². The van der Waals surface area contributed by atoms with Gasteiger partial charge >= 0.3 is 0 Å². The lowest BCUT2D eigenvalue weighted by molar-refractivity contribution is 2.04. The SMILES string of the molecule is C#CC#C[SiH](C)C. The summed E-state index contributed by atoms with van der Waals surface area (Å²) >= 11 is 0. The van der Waals surface area contributed by atoms with E-state index in [0.717, 1.165) is 0 Å². The molecule has 0 aromatic heterocycles. The van der Waals surface area contributed by atoms with E-state index in [1.54, 1.807) is 0 Å². The second kappa shape index (κ2) is 3.52. The number of terminal acetylenes is 1. The van der Waals surface area contributed by atoms with Crippen LogP contribution < -0.4 is 0 Å². The molecule has 0 rings (SSSR count). The molecule has 1 heteroatoms. The molecule has 0 nitrogen and oxygen atoms in total. The Hall–Kier alpha value is -0.663. The van der Waals surface area contributed by atoms with Gasteiger partial charge in [0, 0.05) is 0 Å². The summed E-state index contributed by atoms with van der Waals surface area (Å²) in [7, 11) is -0.692. The van der Waals surface area contributed by atoms with E-state index in [1.165, 1.54) is 0 Å². The standard InChI is InChI=1S/C6H8Si/c1-4-5-6-7(2)3/h1,7H,2-3H3. The zero-order valence-electron chi connectivity index (χ0n) is 4.65. The maximum atomic E-state index is 4.88. The maximum absolute atomic E-state index is 4.88.